The third kappa shape index (κ3) is 5.12. The first-order valence-corrected chi connectivity index (χ1v) is 7.31. The van der Waals surface area contributed by atoms with Crippen LogP contribution in [0.25, 0.3) is 0 Å². The van der Waals surface area contributed by atoms with Crippen LogP contribution in [0.5, 0.6) is 0 Å². The first-order chi connectivity index (χ1) is 9.39. The van der Waals surface area contributed by atoms with Gasteiger partial charge in [-0.2, -0.15) is 0 Å². The third-order valence-corrected chi connectivity index (χ3v) is 3.90. The van der Waals surface area contributed by atoms with Gasteiger partial charge < -0.3 is 21.3 Å². The summed E-state index contributed by atoms with van der Waals surface area (Å²) in [5, 5.41) is 22.1. The molecule has 0 radical (unpaired) electrons. The Kier molecular flexibility index (Phi) is 6.46. The highest BCUT2D eigenvalue weighted by Gasteiger charge is 2.18. The molecular weight excluding hydrogens is 252 g/mol. The van der Waals surface area contributed by atoms with Crippen LogP contribution < -0.4 is 11.1 Å². The summed E-state index contributed by atoms with van der Waals surface area (Å²) in [5.74, 6) is 0. The van der Waals surface area contributed by atoms with Crippen molar-refractivity contribution in [1.29, 1.82) is 0 Å². The van der Waals surface area contributed by atoms with Gasteiger partial charge in [-0.25, -0.2) is 0 Å². The van der Waals surface area contributed by atoms with E-state index in [9.17, 15) is 5.11 Å². The molecule has 0 unspecified atom stereocenters. The number of anilines is 1. The Morgan fingerprint density at radius 1 is 1.30 bits per heavy atom. The van der Waals surface area contributed by atoms with E-state index in [1.165, 1.54) is 5.56 Å². The van der Waals surface area contributed by atoms with Gasteiger partial charge >= 0.3 is 0 Å². The molecule has 114 valence electrons. The minimum Gasteiger partial charge on any atom is -0.398 e. The van der Waals surface area contributed by atoms with Gasteiger partial charge in [-0.3, -0.25) is 0 Å². The zero-order chi connectivity index (χ0) is 15.2. The number of nitrogens with one attached hydrogen (secondary N) is 1. The number of aryl methyl sites for hydroxylation is 2. The molecule has 1 rings (SSSR count). The molecule has 1 aromatic rings. The smallest absolute Gasteiger partial charge is 0.0620 e. The molecule has 0 bridgehead atoms. The molecule has 0 aliphatic rings. The largest absolute Gasteiger partial charge is 0.398 e. The number of nitrogens with two attached hydrogens (primary N) is 1. The number of rotatable bonds is 8. The van der Waals surface area contributed by atoms with E-state index in [2.05, 4.69) is 11.4 Å². The van der Waals surface area contributed by atoms with E-state index >= 15 is 0 Å². The van der Waals surface area contributed by atoms with Gasteiger partial charge in [0.1, 0.15) is 0 Å². The lowest BCUT2D eigenvalue weighted by Crippen LogP contribution is -2.23. The van der Waals surface area contributed by atoms with Gasteiger partial charge in [-0.1, -0.05) is 13.0 Å². The normalized spacial score (nSPS) is 14.2. The molecular formula is C16H28N2O2. The first-order valence-electron chi connectivity index (χ1n) is 7.31. The van der Waals surface area contributed by atoms with Gasteiger partial charge in [-0.05, 0) is 55.9 Å². The fourth-order valence-corrected chi connectivity index (χ4v) is 2.12. The van der Waals surface area contributed by atoms with E-state index < -0.39 is 5.60 Å². The fourth-order valence-electron chi connectivity index (χ4n) is 2.12. The lowest BCUT2D eigenvalue weighted by atomic mass is 9.92. The van der Waals surface area contributed by atoms with E-state index in [0.29, 0.717) is 13.0 Å². The van der Waals surface area contributed by atoms with Crippen LogP contribution in [-0.4, -0.2) is 29.0 Å². The average Bonchev–Trinajstić information content (AvgIpc) is 2.40. The lowest BCUT2D eigenvalue weighted by Gasteiger charge is -2.22. The molecule has 20 heavy (non-hydrogen) atoms. The van der Waals surface area contributed by atoms with Gasteiger partial charge in [0.05, 0.1) is 12.2 Å². The summed E-state index contributed by atoms with van der Waals surface area (Å²) in [4.78, 5) is 0. The maximum atomic E-state index is 10.1. The van der Waals surface area contributed by atoms with Gasteiger partial charge in [0.25, 0.3) is 0 Å². The van der Waals surface area contributed by atoms with Crippen molar-refractivity contribution < 1.29 is 10.2 Å². The Hall–Kier alpha value is -1.10. The van der Waals surface area contributed by atoms with Crippen molar-refractivity contribution >= 4 is 5.69 Å². The summed E-state index contributed by atoms with van der Waals surface area (Å²) < 4.78 is 0. The summed E-state index contributed by atoms with van der Waals surface area (Å²) >= 11 is 0. The molecule has 0 aliphatic carbocycles. The zero-order valence-electron chi connectivity index (χ0n) is 12.9. The van der Waals surface area contributed by atoms with Crippen molar-refractivity contribution in [2.24, 2.45) is 0 Å². The van der Waals surface area contributed by atoms with E-state index in [1.54, 1.807) is 0 Å². The first kappa shape index (κ1) is 17.0. The molecule has 0 heterocycles. The highest BCUT2D eigenvalue weighted by atomic mass is 16.3. The molecule has 4 heteroatoms. The molecule has 0 amide bonds. The Bertz CT molecular complexity index is 431. The fraction of sp³-hybridized carbons (Fsp3) is 0.625. The van der Waals surface area contributed by atoms with Crippen molar-refractivity contribution in [3.63, 3.8) is 0 Å². The number of nitrogen functional groups attached to an aromatic ring is 1. The van der Waals surface area contributed by atoms with E-state index in [0.717, 1.165) is 36.2 Å². The second-order valence-corrected chi connectivity index (χ2v) is 5.73. The standard InChI is InChI=1S/C16H28N2O2/c1-4-16(3,20)6-5-13-10-14(11-18-7-8-19)12(2)9-15(13)17/h9-10,18-20H,4-8,11,17H2,1-3H3/t16-/m0/s1. The second-order valence-electron chi connectivity index (χ2n) is 5.73. The Labute approximate surface area is 122 Å². The highest BCUT2D eigenvalue weighted by molar-refractivity contribution is 5.52. The van der Waals surface area contributed by atoms with E-state index in [4.69, 9.17) is 10.8 Å². The minimum atomic E-state index is -0.632. The molecule has 0 fully saturated rings. The van der Waals surface area contributed by atoms with E-state index in [-0.39, 0.29) is 6.61 Å². The topological polar surface area (TPSA) is 78.5 Å². The number of hydrogen-bond acceptors (Lipinski definition) is 4. The van der Waals surface area contributed by atoms with Crippen LogP contribution in [0, 0.1) is 6.92 Å². The Balaban J connectivity index is 2.77. The maximum absolute atomic E-state index is 10.1. The van der Waals surface area contributed by atoms with Crippen LogP contribution in [-0.2, 0) is 13.0 Å². The molecule has 0 aliphatic heterocycles. The minimum absolute atomic E-state index is 0.139. The van der Waals surface area contributed by atoms with Crippen molar-refractivity contribution in [3.05, 3.63) is 28.8 Å². The summed E-state index contributed by atoms with van der Waals surface area (Å²) in [6, 6.07) is 4.10. The van der Waals surface area contributed by atoms with Crippen LogP contribution in [0.15, 0.2) is 12.1 Å². The van der Waals surface area contributed by atoms with Crippen LogP contribution in [0.4, 0.5) is 5.69 Å². The van der Waals surface area contributed by atoms with Gasteiger partial charge in [0.15, 0.2) is 0 Å². The number of hydrogen-bond donors (Lipinski definition) is 4. The number of benzene rings is 1. The molecule has 0 spiro atoms. The molecule has 4 nitrogen and oxygen atoms in total. The molecule has 0 aromatic heterocycles. The number of aliphatic hydroxyl groups is 2. The monoisotopic (exact) mass is 280 g/mol. The van der Waals surface area contributed by atoms with Crippen molar-refractivity contribution in [2.45, 2.75) is 52.2 Å². The van der Waals surface area contributed by atoms with Crippen molar-refractivity contribution in [1.82, 2.24) is 5.32 Å². The van der Waals surface area contributed by atoms with Crippen molar-refractivity contribution in [3.8, 4) is 0 Å². The molecule has 1 aromatic carbocycles. The Morgan fingerprint density at radius 3 is 2.60 bits per heavy atom. The van der Waals surface area contributed by atoms with Gasteiger partial charge in [-0.15, -0.1) is 0 Å². The summed E-state index contributed by atoms with van der Waals surface area (Å²) in [6.45, 7) is 7.34. The van der Waals surface area contributed by atoms with Crippen molar-refractivity contribution in [2.75, 3.05) is 18.9 Å². The van der Waals surface area contributed by atoms with Crippen LogP contribution in [0.3, 0.4) is 0 Å². The molecule has 1 atom stereocenters. The highest BCUT2D eigenvalue weighted by Crippen LogP contribution is 2.23. The summed E-state index contributed by atoms with van der Waals surface area (Å²) in [5.41, 5.74) is 9.67. The second kappa shape index (κ2) is 7.62. The molecule has 0 saturated carbocycles. The third-order valence-electron chi connectivity index (χ3n) is 3.90. The summed E-state index contributed by atoms with van der Waals surface area (Å²) in [6.07, 6.45) is 2.23. The zero-order valence-corrected chi connectivity index (χ0v) is 12.9. The number of aliphatic hydroxyl groups excluding tert-OH is 1. The SMILES string of the molecule is CC[C@](C)(O)CCc1cc(CNCCO)c(C)cc1N. The quantitative estimate of drug-likeness (QED) is 0.432. The van der Waals surface area contributed by atoms with Crippen LogP contribution in [0.1, 0.15) is 43.4 Å². The van der Waals surface area contributed by atoms with Crippen LogP contribution in [0.2, 0.25) is 0 Å². The lowest BCUT2D eigenvalue weighted by molar-refractivity contribution is 0.0473. The maximum Gasteiger partial charge on any atom is 0.0620 e. The van der Waals surface area contributed by atoms with Gasteiger partial charge in [0.2, 0.25) is 0 Å². The molecule has 5 N–H and O–H groups in total. The Morgan fingerprint density at radius 2 is 2.00 bits per heavy atom. The average molecular weight is 280 g/mol. The van der Waals surface area contributed by atoms with Gasteiger partial charge in [0, 0.05) is 18.8 Å². The predicted octanol–water partition coefficient (Wildman–Crippen LogP) is 1.75. The predicted molar refractivity (Wildman–Crippen MR) is 83.6 cm³/mol. The van der Waals surface area contributed by atoms with E-state index in [1.807, 2.05) is 26.8 Å². The molecule has 0 saturated heterocycles. The summed E-state index contributed by atoms with van der Waals surface area (Å²) in [7, 11) is 0. The van der Waals surface area contributed by atoms with Crippen LogP contribution >= 0.6 is 0 Å².